The molecular weight excluding hydrogens is 198 g/mol. The summed E-state index contributed by atoms with van der Waals surface area (Å²) in [7, 11) is 0. The van der Waals surface area contributed by atoms with Crippen molar-refractivity contribution < 1.29 is 4.74 Å². The number of nitrogens with one attached hydrogen (secondary N) is 1. The average Bonchev–Trinajstić information content (AvgIpc) is 3.10. The molecule has 2 rings (SSSR count). The quantitative estimate of drug-likeness (QED) is 0.792. The standard InChI is InChI=1S/C14H21NO/c1-3-14(15-4-2)11-6-5-7-13(10-11)16-12-8-9-12/h5-7,10,12,14-15H,3-4,8-9H2,1-2H3. The van der Waals surface area contributed by atoms with E-state index >= 15 is 0 Å². The zero-order chi connectivity index (χ0) is 11.4. The molecule has 0 spiro atoms. The Balaban J connectivity index is 2.06. The third-order valence-electron chi connectivity index (χ3n) is 2.95. The molecule has 1 aromatic rings. The highest BCUT2D eigenvalue weighted by Crippen LogP contribution is 2.28. The molecule has 88 valence electrons. The smallest absolute Gasteiger partial charge is 0.120 e. The summed E-state index contributed by atoms with van der Waals surface area (Å²) in [4.78, 5) is 0. The van der Waals surface area contributed by atoms with Crippen LogP contribution in [0, 0.1) is 0 Å². The maximum Gasteiger partial charge on any atom is 0.120 e. The molecule has 1 aliphatic rings. The Morgan fingerprint density at radius 2 is 2.19 bits per heavy atom. The van der Waals surface area contributed by atoms with E-state index in [0.29, 0.717) is 12.1 Å². The van der Waals surface area contributed by atoms with Gasteiger partial charge in [-0.25, -0.2) is 0 Å². The van der Waals surface area contributed by atoms with Crippen molar-refractivity contribution in [2.45, 2.75) is 45.3 Å². The monoisotopic (exact) mass is 219 g/mol. The summed E-state index contributed by atoms with van der Waals surface area (Å²) in [5.74, 6) is 1.02. The Morgan fingerprint density at radius 3 is 2.81 bits per heavy atom. The molecule has 0 aliphatic heterocycles. The van der Waals surface area contributed by atoms with Gasteiger partial charge in [-0.05, 0) is 43.5 Å². The third-order valence-corrected chi connectivity index (χ3v) is 2.95. The summed E-state index contributed by atoms with van der Waals surface area (Å²) in [5.41, 5.74) is 1.34. The highest BCUT2D eigenvalue weighted by Gasteiger charge is 2.23. The van der Waals surface area contributed by atoms with Crippen molar-refractivity contribution in [3.63, 3.8) is 0 Å². The number of hydrogen-bond donors (Lipinski definition) is 1. The minimum absolute atomic E-state index is 0.452. The van der Waals surface area contributed by atoms with Crippen LogP contribution in [0.3, 0.4) is 0 Å². The van der Waals surface area contributed by atoms with Gasteiger partial charge in [0.1, 0.15) is 5.75 Å². The van der Waals surface area contributed by atoms with Gasteiger partial charge in [0, 0.05) is 6.04 Å². The molecule has 0 saturated heterocycles. The molecule has 1 atom stereocenters. The topological polar surface area (TPSA) is 21.3 Å². The highest BCUT2D eigenvalue weighted by molar-refractivity contribution is 5.31. The number of rotatable bonds is 6. The lowest BCUT2D eigenvalue weighted by molar-refractivity contribution is 0.302. The average molecular weight is 219 g/mol. The van der Waals surface area contributed by atoms with Gasteiger partial charge in [-0.3, -0.25) is 0 Å². The summed E-state index contributed by atoms with van der Waals surface area (Å²) in [6, 6.07) is 8.95. The minimum Gasteiger partial charge on any atom is -0.490 e. The maximum absolute atomic E-state index is 5.81. The molecule has 0 bridgehead atoms. The van der Waals surface area contributed by atoms with E-state index in [1.807, 2.05) is 0 Å². The van der Waals surface area contributed by atoms with E-state index in [4.69, 9.17) is 4.74 Å². The van der Waals surface area contributed by atoms with E-state index in [-0.39, 0.29) is 0 Å². The minimum atomic E-state index is 0.452. The van der Waals surface area contributed by atoms with Crippen LogP contribution in [0.2, 0.25) is 0 Å². The van der Waals surface area contributed by atoms with Gasteiger partial charge in [-0.2, -0.15) is 0 Å². The molecule has 1 saturated carbocycles. The van der Waals surface area contributed by atoms with Crippen LogP contribution >= 0.6 is 0 Å². The van der Waals surface area contributed by atoms with Crippen LogP contribution in [0.4, 0.5) is 0 Å². The molecule has 1 N–H and O–H groups in total. The zero-order valence-corrected chi connectivity index (χ0v) is 10.2. The molecule has 0 radical (unpaired) electrons. The molecular formula is C14H21NO. The predicted molar refractivity (Wildman–Crippen MR) is 66.8 cm³/mol. The zero-order valence-electron chi connectivity index (χ0n) is 10.2. The molecule has 2 nitrogen and oxygen atoms in total. The van der Waals surface area contributed by atoms with Crippen LogP contribution in [0.25, 0.3) is 0 Å². The molecule has 0 amide bonds. The van der Waals surface area contributed by atoms with E-state index in [1.54, 1.807) is 0 Å². The number of hydrogen-bond acceptors (Lipinski definition) is 2. The molecule has 1 aliphatic carbocycles. The van der Waals surface area contributed by atoms with E-state index in [9.17, 15) is 0 Å². The van der Waals surface area contributed by atoms with Crippen LogP contribution < -0.4 is 10.1 Å². The lowest BCUT2D eigenvalue weighted by Gasteiger charge is -2.17. The van der Waals surface area contributed by atoms with Gasteiger partial charge in [0.15, 0.2) is 0 Å². The summed E-state index contributed by atoms with van der Waals surface area (Å²) >= 11 is 0. The first-order chi connectivity index (χ1) is 7.83. The van der Waals surface area contributed by atoms with Crippen LogP contribution in [0.1, 0.15) is 44.7 Å². The number of ether oxygens (including phenoxy) is 1. The SMILES string of the molecule is CCNC(CC)c1cccc(OC2CC2)c1. The van der Waals surface area contributed by atoms with Gasteiger partial charge in [0.2, 0.25) is 0 Å². The molecule has 0 heterocycles. The van der Waals surface area contributed by atoms with Crippen molar-refractivity contribution in [3.05, 3.63) is 29.8 Å². The fourth-order valence-electron chi connectivity index (χ4n) is 1.93. The highest BCUT2D eigenvalue weighted by atomic mass is 16.5. The van der Waals surface area contributed by atoms with Gasteiger partial charge in [-0.1, -0.05) is 26.0 Å². The lowest BCUT2D eigenvalue weighted by Crippen LogP contribution is -2.20. The van der Waals surface area contributed by atoms with E-state index in [1.165, 1.54) is 18.4 Å². The van der Waals surface area contributed by atoms with Gasteiger partial charge in [0.25, 0.3) is 0 Å². The normalized spacial score (nSPS) is 17.1. The van der Waals surface area contributed by atoms with Gasteiger partial charge in [0.05, 0.1) is 6.10 Å². The van der Waals surface area contributed by atoms with E-state index < -0.39 is 0 Å². The largest absolute Gasteiger partial charge is 0.490 e. The first-order valence-electron chi connectivity index (χ1n) is 6.33. The lowest BCUT2D eigenvalue weighted by atomic mass is 10.0. The van der Waals surface area contributed by atoms with Gasteiger partial charge >= 0.3 is 0 Å². The molecule has 0 aromatic heterocycles. The first kappa shape index (κ1) is 11.5. The van der Waals surface area contributed by atoms with Crippen molar-refractivity contribution in [2.75, 3.05) is 6.54 Å². The summed E-state index contributed by atoms with van der Waals surface area (Å²) in [6.07, 6.45) is 4.03. The molecule has 2 heteroatoms. The summed E-state index contributed by atoms with van der Waals surface area (Å²) in [5, 5.41) is 3.49. The Bertz CT molecular complexity index is 333. The first-order valence-corrected chi connectivity index (χ1v) is 6.33. The Hall–Kier alpha value is -1.02. The van der Waals surface area contributed by atoms with Crippen molar-refractivity contribution in [2.24, 2.45) is 0 Å². The second kappa shape index (κ2) is 5.35. The molecule has 16 heavy (non-hydrogen) atoms. The van der Waals surface area contributed by atoms with Crippen LogP contribution in [-0.4, -0.2) is 12.6 Å². The maximum atomic E-state index is 5.81. The molecule has 1 aromatic carbocycles. The Kier molecular flexibility index (Phi) is 3.83. The Morgan fingerprint density at radius 1 is 1.38 bits per heavy atom. The fourth-order valence-corrected chi connectivity index (χ4v) is 1.93. The van der Waals surface area contributed by atoms with Crippen molar-refractivity contribution >= 4 is 0 Å². The van der Waals surface area contributed by atoms with Crippen LogP contribution in [0.5, 0.6) is 5.75 Å². The summed E-state index contributed by atoms with van der Waals surface area (Å²) in [6.45, 7) is 5.36. The van der Waals surface area contributed by atoms with Crippen molar-refractivity contribution in [3.8, 4) is 5.75 Å². The van der Waals surface area contributed by atoms with Crippen molar-refractivity contribution in [1.82, 2.24) is 5.32 Å². The van der Waals surface area contributed by atoms with E-state index in [0.717, 1.165) is 18.7 Å². The molecule has 1 unspecified atom stereocenters. The second-order valence-electron chi connectivity index (χ2n) is 4.41. The fraction of sp³-hybridized carbons (Fsp3) is 0.571. The molecule has 1 fully saturated rings. The number of benzene rings is 1. The third kappa shape index (κ3) is 2.99. The summed E-state index contributed by atoms with van der Waals surface area (Å²) < 4.78 is 5.81. The second-order valence-corrected chi connectivity index (χ2v) is 4.41. The van der Waals surface area contributed by atoms with Crippen LogP contribution in [-0.2, 0) is 0 Å². The Labute approximate surface area is 98.0 Å². The van der Waals surface area contributed by atoms with E-state index in [2.05, 4.69) is 43.4 Å². The van der Waals surface area contributed by atoms with Gasteiger partial charge in [-0.15, -0.1) is 0 Å². The van der Waals surface area contributed by atoms with Crippen LogP contribution in [0.15, 0.2) is 24.3 Å². The predicted octanol–water partition coefficient (Wildman–Crippen LogP) is 3.29. The van der Waals surface area contributed by atoms with Gasteiger partial charge < -0.3 is 10.1 Å². The van der Waals surface area contributed by atoms with Crippen molar-refractivity contribution in [1.29, 1.82) is 0 Å².